The molecule has 1 aliphatic rings. The summed E-state index contributed by atoms with van der Waals surface area (Å²) in [6.07, 6.45) is -5.19. The van der Waals surface area contributed by atoms with Gasteiger partial charge in [0.1, 0.15) is 18.0 Å². The number of carbonyl (C=O) groups excluding carboxylic acids is 3. The maximum absolute atomic E-state index is 13.4. The van der Waals surface area contributed by atoms with Crippen molar-refractivity contribution < 1.29 is 37.0 Å². The number of halogens is 3. The average molecular weight is 535 g/mol. The quantitative estimate of drug-likeness (QED) is 0.447. The molecule has 0 aromatic heterocycles. The fourth-order valence-corrected chi connectivity index (χ4v) is 3.72. The van der Waals surface area contributed by atoms with Crippen LogP contribution in [0.25, 0.3) is 0 Å². The Morgan fingerprint density at radius 1 is 1.13 bits per heavy atom. The molecule has 3 rings (SSSR count). The van der Waals surface area contributed by atoms with Gasteiger partial charge in [-0.15, -0.1) is 0 Å². The molecular formula is C26H29F3N4O5. The molecule has 12 heteroatoms. The molecule has 38 heavy (non-hydrogen) atoms. The first-order valence-electron chi connectivity index (χ1n) is 11.8. The SMILES string of the molecule is CC.CCC(CN(C)C(=O)Oc1ccc(OC)cc1)N1CC(=O)N(c2ccc(C#N)c(C(F)(F)F)c2)C1=O. The molecule has 2 aromatic carbocycles. The smallest absolute Gasteiger partial charge is 0.417 e. The molecule has 0 saturated carbocycles. The van der Waals surface area contributed by atoms with Crippen molar-refractivity contribution in [3.8, 4) is 17.6 Å². The van der Waals surface area contributed by atoms with Crippen LogP contribution in [-0.2, 0) is 11.0 Å². The Bertz CT molecular complexity index is 1190. The molecular weight excluding hydrogens is 505 g/mol. The van der Waals surface area contributed by atoms with Crippen LogP contribution in [-0.4, -0.2) is 61.1 Å². The predicted octanol–water partition coefficient (Wildman–Crippen LogP) is 5.29. The average Bonchev–Trinajstić information content (AvgIpc) is 3.21. The van der Waals surface area contributed by atoms with Crippen LogP contribution in [0.5, 0.6) is 11.5 Å². The van der Waals surface area contributed by atoms with Crippen molar-refractivity contribution in [1.29, 1.82) is 5.26 Å². The van der Waals surface area contributed by atoms with Crippen LogP contribution in [0.2, 0.25) is 0 Å². The van der Waals surface area contributed by atoms with E-state index in [1.165, 1.54) is 30.0 Å². The number of likely N-dealkylation sites (N-methyl/N-ethyl adjacent to an activating group) is 1. The van der Waals surface area contributed by atoms with Gasteiger partial charge in [0.05, 0.1) is 36.0 Å². The van der Waals surface area contributed by atoms with Crippen LogP contribution in [0.4, 0.5) is 28.4 Å². The summed E-state index contributed by atoms with van der Waals surface area (Å²) in [4.78, 5) is 41.3. The van der Waals surface area contributed by atoms with Crippen molar-refractivity contribution in [1.82, 2.24) is 9.80 Å². The van der Waals surface area contributed by atoms with Gasteiger partial charge in [-0.3, -0.25) is 4.79 Å². The number of rotatable bonds is 7. The van der Waals surface area contributed by atoms with E-state index >= 15 is 0 Å². The highest BCUT2D eigenvalue weighted by Crippen LogP contribution is 2.35. The predicted molar refractivity (Wildman–Crippen MR) is 133 cm³/mol. The zero-order valence-electron chi connectivity index (χ0n) is 21.7. The monoisotopic (exact) mass is 534 g/mol. The van der Waals surface area contributed by atoms with Gasteiger partial charge >= 0.3 is 18.3 Å². The van der Waals surface area contributed by atoms with Gasteiger partial charge in [0.2, 0.25) is 0 Å². The van der Waals surface area contributed by atoms with Gasteiger partial charge in [0.25, 0.3) is 5.91 Å². The summed E-state index contributed by atoms with van der Waals surface area (Å²) in [5.74, 6) is 0.140. The van der Waals surface area contributed by atoms with E-state index in [2.05, 4.69) is 0 Å². The number of benzene rings is 2. The lowest BCUT2D eigenvalue weighted by atomic mass is 10.1. The summed E-state index contributed by atoms with van der Waals surface area (Å²) >= 11 is 0. The summed E-state index contributed by atoms with van der Waals surface area (Å²) in [7, 11) is 2.96. The lowest BCUT2D eigenvalue weighted by Gasteiger charge is -2.29. The van der Waals surface area contributed by atoms with E-state index in [4.69, 9.17) is 14.7 Å². The van der Waals surface area contributed by atoms with Gasteiger partial charge in [-0.05, 0) is 48.9 Å². The number of hydrogen-bond acceptors (Lipinski definition) is 6. The van der Waals surface area contributed by atoms with Gasteiger partial charge in [0.15, 0.2) is 0 Å². The van der Waals surface area contributed by atoms with Gasteiger partial charge in [-0.2, -0.15) is 18.4 Å². The van der Waals surface area contributed by atoms with Crippen molar-refractivity contribution in [3.63, 3.8) is 0 Å². The van der Waals surface area contributed by atoms with Crippen molar-refractivity contribution in [2.45, 2.75) is 39.4 Å². The Morgan fingerprint density at radius 2 is 1.74 bits per heavy atom. The number of imide groups is 1. The number of urea groups is 1. The molecule has 2 aromatic rings. The molecule has 1 unspecified atom stereocenters. The maximum atomic E-state index is 13.4. The summed E-state index contributed by atoms with van der Waals surface area (Å²) in [5.41, 5.74) is -2.15. The molecule has 1 aliphatic heterocycles. The first-order chi connectivity index (χ1) is 18.0. The number of hydrogen-bond donors (Lipinski definition) is 0. The lowest BCUT2D eigenvalue weighted by molar-refractivity contribution is -0.137. The number of carbonyl (C=O) groups is 3. The van der Waals surface area contributed by atoms with E-state index in [1.807, 2.05) is 13.8 Å². The number of anilines is 1. The highest BCUT2D eigenvalue weighted by atomic mass is 19.4. The Labute approximate surface area is 218 Å². The summed E-state index contributed by atoms with van der Waals surface area (Å²) in [6.45, 7) is 5.39. The fraction of sp³-hybridized carbons (Fsp3) is 0.385. The summed E-state index contributed by atoms with van der Waals surface area (Å²) in [6, 6.07) is 9.01. The number of alkyl halides is 3. The number of methoxy groups -OCH3 is 1. The fourth-order valence-electron chi connectivity index (χ4n) is 3.72. The van der Waals surface area contributed by atoms with Crippen LogP contribution >= 0.6 is 0 Å². The second kappa shape index (κ2) is 12.8. The summed E-state index contributed by atoms with van der Waals surface area (Å²) in [5, 5.41) is 8.98. The van der Waals surface area contributed by atoms with Crippen LogP contribution < -0.4 is 14.4 Å². The highest BCUT2D eigenvalue weighted by molar-refractivity contribution is 6.20. The molecule has 0 bridgehead atoms. The molecule has 4 amide bonds. The second-order valence-corrected chi connectivity index (χ2v) is 7.97. The third-order valence-electron chi connectivity index (χ3n) is 5.65. The van der Waals surface area contributed by atoms with E-state index in [-0.39, 0.29) is 24.5 Å². The maximum Gasteiger partial charge on any atom is 0.417 e. The van der Waals surface area contributed by atoms with Crippen molar-refractivity contribution >= 4 is 23.7 Å². The zero-order chi connectivity index (χ0) is 28.6. The van der Waals surface area contributed by atoms with Crippen LogP contribution in [0.3, 0.4) is 0 Å². The minimum absolute atomic E-state index is 0.0134. The standard InChI is InChI=1S/C24H23F3N4O5.C2H6/c1-4-16(13-29(2)23(34)36-19-9-7-18(35-3)8-10-19)30-14-21(32)31(22(30)33)17-6-5-15(12-28)20(11-17)24(25,26)27;1-2/h5-11,16H,4,13-14H2,1-3H3;1-2H3. The Kier molecular flexibility index (Phi) is 10.1. The van der Waals surface area contributed by atoms with Gasteiger partial charge in [0, 0.05) is 13.6 Å². The number of amides is 4. The van der Waals surface area contributed by atoms with Gasteiger partial charge in [-0.1, -0.05) is 20.8 Å². The largest absolute Gasteiger partial charge is 0.497 e. The van der Waals surface area contributed by atoms with E-state index in [0.717, 1.165) is 12.1 Å². The Balaban J connectivity index is 0.00000247. The molecule has 1 atom stereocenters. The first-order valence-corrected chi connectivity index (χ1v) is 11.8. The minimum atomic E-state index is -4.84. The lowest BCUT2D eigenvalue weighted by Crippen LogP contribution is -2.46. The molecule has 0 aliphatic carbocycles. The number of nitriles is 1. The molecule has 204 valence electrons. The Morgan fingerprint density at radius 3 is 2.26 bits per heavy atom. The normalized spacial score (nSPS) is 13.9. The van der Waals surface area contributed by atoms with Crippen LogP contribution in [0.15, 0.2) is 42.5 Å². The Hall–Kier alpha value is -4.27. The molecule has 1 saturated heterocycles. The van der Waals surface area contributed by atoms with Crippen molar-refractivity contribution in [3.05, 3.63) is 53.6 Å². The molecule has 0 radical (unpaired) electrons. The van der Waals surface area contributed by atoms with Crippen LogP contribution in [0.1, 0.15) is 38.3 Å². The number of nitrogens with zero attached hydrogens (tertiary/aromatic N) is 4. The molecule has 0 N–H and O–H groups in total. The molecule has 1 fully saturated rings. The second-order valence-electron chi connectivity index (χ2n) is 7.97. The molecule has 0 spiro atoms. The molecule has 9 nitrogen and oxygen atoms in total. The van der Waals surface area contributed by atoms with Crippen molar-refractivity contribution in [2.24, 2.45) is 0 Å². The van der Waals surface area contributed by atoms with E-state index in [1.54, 1.807) is 31.2 Å². The zero-order valence-corrected chi connectivity index (χ0v) is 21.7. The minimum Gasteiger partial charge on any atom is -0.497 e. The van der Waals surface area contributed by atoms with Crippen LogP contribution in [0, 0.1) is 11.3 Å². The van der Waals surface area contributed by atoms with Crippen molar-refractivity contribution in [2.75, 3.05) is 32.1 Å². The van der Waals surface area contributed by atoms with Gasteiger partial charge < -0.3 is 19.3 Å². The first kappa shape index (κ1) is 30.0. The topological polar surface area (TPSA) is 103 Å². The van der Waals surface area contributed by atoms with E-state index in [9.17, 15) is 27.6 Å². The highest BCUT2D eigenvalue weighted by Gasteiger charge is 2.42. The van der Waals surface area contributed by atoms with Gasteiger partial charge in [-0.25, -0.2) is 14.5 Å². The van der Waals surface area contributed by atoms with E-state index < -0.39 is 41.4 Å². The number of ether oxygens (including phenoxy) is 2. The summed E-state index contributed by atoms with van der Waals surface area (Å²) < 4.78 is 50.4. The van der Waals surface area contributed by atoms with E-state index in [0.29, 0.717) is 23.1 Å². The third-order valence-corrected chi connectivity index (χ3v) is 5.65. The third kappa shape index (κ3) is 6.73. The molecule has 1 heterocycles.